The zero-order valence-electron chi connectivity index (χ0n) is 15.1. The van der Waals surface area contributed by atoms with Crippen LogP contribution in [-0.2, 0) is 27.3 Å². The van der Waals surface area contributed by atoms with Gasteiger partial charge in [0.05, 0.1) is 31.8 Å². The minimum Gasteiger partial charge on any atom is -0.379 e. The molecule has 1 aliphatic heterocycles. The summed E-state index contributed by atoms with van der Waals surface area (Å²) in [5.41, 5.74) is 0.547. The molecule has 2 atom stereocenters. The van der Waals surface area contributed by atoms with Crippen LogP contribution < -0.4 is 16.6 Å². The number of H-pyrrole nitrogens is 2. The van der Waals surface area contributed by atoms with Gasteiger partial charge in [-0.3, -0.25) is 14.6 Å². The van der Waals surface area contributed by atoms with Crippen LogP contribution in [0.5, 0.6) is 0 Å². The Balaban J connectivity index is 1.61. The predicted octanol–water partition coefficient (Wildman–Crippen LogP) is 0.405. The van der Waals surface area contributed by atoms with Crippen molar-refractivity contribution >= 4 is 5.91 Å². The van der Waals surface area contributed by atoms with Gasteiger partial charge in [0.1, 0.15) is 0 Å². The largest absolute Gasteiger partial charge is 0.379 e. The van der Waals surface area contributed by atoms with Crippen molar-refractivity contribution in [3.05, 3.63) is 68.0 Å². The first-order chi connectivity index (χ1) is 13.0. The highest BCUT2D eigenvalue weighted by molar-refractivity contribution is 5.79. The minimum atomic E-state index is -0.586. The Morgan fingerprint density at radius 3 is 2.78 bits per heavy atom. The number of amides is 1. The summed E-state index contributed by atoms with van der Waals surface area (Å²) in [5, 5.41) is 2.89. The molecule has 8 nitrogen and oxygen atoms in total. The molecule has 2 aromatic rings. The first kappa shape index (κ1) is 19.1. The summed E-state index contributed by atoms with van der Waals surface area (Å²) in [4.78, 5) is 40.2. The quantitative estimate of drug-likeness (QED) is 0.679. The number of hydrogen-bond donors (Lipinski definition) is 3. The summed E-state index contributed by atoms with van der Waals surface area (Å²) < 4.78 is 11.5. The second kappa shape index (κ2) is 8.79. The molecule has 0 bridgehead atoms. The fraction of sp³-hybridized carbons (Fsp3) is 0.421. The van der Waals surface area contributed by atoms with Gasteiger partial charge in [-0.2, -0.15) is 0 Å². The summed E-state index contributed by atoms with van der Waals surface area (Å²) in [6, 6.07) is 9.52. The van der Waals surface area contributed by atoms with Crippen molar-refractivity contribution in [3.63, 3.8) is 0 Å². The molecule has 0 radical (unpaired) electrons. The van der Waals surface area contributed by atoms with Gasteiger partial charge in [-0.15, -0.1) is 0 Å². The van der Waals surface area contributed by atoms with Crippen LogP contribution in [0.4, 0.5) is 0 Å². The maximum Gasteiger partial charge on any atom is 0.325 e. The summed E-state index contributed by atoms with van der Waals surface area (Å²) in [7, 11) is 0. The van der Waals surface area contributed by atoms with E-state index >= 15 is 0 Å². The molecular weight excluding hydrogens is 350 g/mol. The Morgan fingerprint density at radius 1 is 1.26 bits per heavy atom. The minimum absolute atomic E-state index is 0.125. The highest BCUT2D eigenvalue weighted by Gasteiger charge is 2.28. The van der Waals surface area contributed by atoms with Crippen LogP contribution >= 0.6 is 0 Å². The number of nitrogens with one attached hydrogen (secondary N) is 3. The summed E-state index contributed by atoms with van der Waals surface area (Å²) in [6.07, 6.45) is 0.383. The lowest BCUT2D eigenvalue weighted by Crippen LogP contribution is -2.51. The fourth-order valence-electron chi connectivity index (χ4n) is 3.09. The van der Waals surface area contributed by atoms with E-state index in [0.29, 0.717) is 31.9 Å². The molecule has 0 spiro atoms. The number of hydrogen-bond acceptors (Lipinski definition) is 5. The molecule has 27 heavy (non-hydrogen) atoms. The van der Waals surface area contributed by atoms with Gasteiger partial charge in [0.2, 0.25) is 5.91 Å². The fourth-order valence-corrected chi connectivity index (χ4v) is 3.09. The molecule has 0 saturated carbocycles. The molecule has 3 N–H and O–H groups in total. The van der Waals surface area contributed by atoms with E-state index in [2.05, 4.69) is 15.3 Å². The van der Waals surface area contributed by atoms with Gasteiger partial charge < -0.3 is 19.8 Å². The molecule has 1 saturated heterocycles. The molecular formula is C19H23N3O5. The van der Waals surface area contributed by atoms with Crippen molar-refractivity contribution in [1.82, 2.24) is 15.3 Å². The molecule has 1 fully saturated rings. The van der Waals surface area contributed by atoms with Crippen LogP contribution in [0, 0.1) is 6.92 Å². The third kappa shape index (κ3) is 5.15. The van der Waals surface area contributed by atoms with E-state index in [9.17, 15) is 14.4 Å². The van der Waals surface area contributed by atoms with Crippen molar-refractivity contribution < 1.29 is 14.3 Å². The lowest BCUT2D eigenvalue weighted by Gasteiger charge is -2.32. The van der Waals surface area contributed by atoms with E-state index in [4.69, 9.17) is 9.47 Å². The topological polar surface area (TPSA) is 113 Å². The summed E-state index contributed by atoms with van der Waals surface area (Å²) >= 11 is 0. The molecule has 1 aromatic carbocycles. The van der Waals surface area contributed by atoms with Gasteiger partial charge in [-0.05, 0) is 18.9 Å². The Hall–Kier alpha value is -2.71. The van der Waals surface area contributed by atoms with Gasteiger partial charge >= 0.3 is 5.69 Å². The van der Waals surface area contributed by atoms with Crippen LogP contribution in [0.25, 0.3) is 0 Å². The summed E-state index contributed by atoms with van der Waals surface area (Å²) in [5.74, 6) is -0.320. The first-order valence-corrected chi connectivity index (χ1v) is 8.87. The first-order valence-electron chi connectivity index (χ1n) is 8.87. The van der Waals surface area contributed by atoms with Gasteiger partial charge in [0, 0.05) is 17.9 Å². The molecule has 8 heteroatoms. The van der Waals surface area contributed by atoms with E-state index in [-0.39, 0.29) is 30.0 Å². The standard InChI is InChI=1S/C19H23N3O5/c1-12-14(18(24)22-19(25)20-12)9-17(23)21-15-11-26-8-7-16(15)27-10-13-5-3-2-4-6-13/h2-6,15-16H,7-11H2,1H3,(H,21,23)(H2,20,22,24,25)/t15-,16+/m1/s1. The van der Waals surface area contributed by atoms with Crippen molar-refractivity contribution in [2.75, 3.05) is 13.2 Å². The number of benzene rings is 1. The predicted molar refractivity (Wildman–Crippen MR) is 98.5 cm³/mol. The monoisotopic (exact) mass is 373 g/mol. The number of rotatable bonds is 6. The van der Waals surface area contributed by atoms with E-state index in [1.54, 1.807) is 6.92 Å². The van der Waals surface area contributed by atoms with Gasteiger partial charge in [0.15, 0.2) is 0 Å². The SMILES string of the molecule is Cc1[nH]c(=O)[nH]c(=O)c1CC(=O)N[C@@H]1COCC[C@@H]1OCc1ccccc1. The smallest absolute Gasteiger partial charge is 0.325 e. The van der Waals surface area contributed by atoms with Crippen LogP contribution in [0.1, 0.15) is 23.2 Å². The maximum atomic E-state index is 12.4. The average molecular weight is 373 g/mol. The molecule has 1 aromatic heterocycles. The number of carbonyl (C=O) groups is 1. The Kier molecular flexibility index (Phi) is 6.20. The summed E-state index contributed by atoms with van der Waals surface area (Å²) in [6.45, 7) is 2.97. The van der Waals surface area contributed by atoms with Crippen LogP contribution in [-0.4, -0.2) is 41.2 Å². The van der Waals surface area contributed by atoms with Crippen LogP contribution in [0.15, 0.2) is 39.9 Å². The third-order valence-corrected chi connectivity index (χ3v) is 4.54. The van der Waals surface area contributed by atoms with Crippen LogP contribution in [0.3, 0.4) is 0 Å². The number of aromatic amines is 2. The number of aromatic nitrogens is 2. The molecule has 1 amide bonds. The third-order valence-electron chi connectivity index (χ3n) is 4.54. The second-order valence-electron chi connectivity index (χ2n) is 6.56. The molecule has 3 rings (SSSR count). The Bertz CT molecular complexity index is 890. The van der Waals surface area contributed by atoms with Gasteiger partial charge in [-0.25, -0.2) is 4.79 Å². The highest BCUT2D eigenvalue weighted by Crippen LogP contribution is 2.15. The zero-order chi connectivity index (χ0) is 19.2. The van der Waals surface area contributed by atoms with Gasteiger partial charge in [0.25, 0.3) is 5.56 Å². The van der Waals surface area contributed by atoms with E-state index in [1.807, 2.05) is 30.3 Å². The normalized spacial score (nSPS) is 19.6. The van der Waals surface area contributed by atoms with Crippen molar-refractivity contribution in [3.8, 4) is 0 Å². The maximum absolute atomic E-state index is 12.4. The van der Waals surface area contributed by atoms with Crippen molar-refractivity contribution in [2.45, 2.75) is 38.5 Å². The molecule has 1 aliphatic rings. The molecule has 0 aliphatic carbocycles. The Morgan fingerprint density at radius 2 is 2.04 bits per heavy atom. The number of aryl methyl sites for hydroxylation is 1. The average Bonchev–Trinajstić information content (AvgIpc) is 2.65. The highest BCUT2D eigenvalue weighted by atomic mass is 16.5. The lowest BCUT2D eigenvalue weighted by molar-refractivity contribution is -0.125. The van der Waals surface area contributed by atoms with Crippen molar-refractivity contribution in [2.24, 2.45) is 0 Å². The lowest BCUT2D eigenvalue weighted by atomic mass is 10.1. The molecule has 2 heterocycles. The van der Waals surface area contributed by atoms with Crippen LogP contribution in [0.2, 0.25) is 0 Å². The second-order valence-corrected chi connectivity index (χ2v) is 6.56. The number of ether oxygens (including phenoxy) is 2. The van der Waals surface area contributed by atoms with E-state index in [0.717, 1.165) is 5.56 Å². The van der Waals surface area contributed by atoms with Gasteiger partial charge in [-0.1, -0.05) is 30.3 Å². The zero-order valence-corrected chi connectivity index (χ0v) is 15.1. The molecule has 0 unspecified atom stereocenters. The van der Waals surface area contributed by atoms with E-state index in [1.165, 1.54) is 0 Å². The number of carbonyl (C=O) groups excluding carboxylic acids is 1. The molecule has 144 valence electrons. The van der Waals surface area contributed by atoms with Crippen molar-refractivity contribution in [1.29, 1.82) is 0 Å². The Labute approximate surface area is 155 Å². The van der Waals surface area contributed by atoms with E-state index < -0.39 is 11.2 Å².